The maximum absolute atomic E-state index is 3.36. The zero-order chi connectivity index (χ0) is 12.0. The minimum Gasteiger partial charge on any atom is -0.316 e. The summed E-state index contributed by atoms with van der Waals surface area (Å²) in [7, 11) is 2.07. The van der Waals surface area contributed by atoms with Gasteiger partial charge < -0.3 is 5.32 Å². The first kappa shape index (κ1) is 14.0. The van der Waals surface area contributed by atoms with Crippen molar-refractivity contribution in [2.75, 3.05) is 20.1 Å². The second kappa shape index (κ2) is 7.29. The minimum atomic E-state index is 0.618. The Morgan fingerprint density at radius 3 is 2.31 bits per heavy atom. The molecular formula is C14H30N2. The molecule has 0 bridgehead atoms. The highest BCUT2D eigenvalue weighted by Gasteiger charge is 2.23. The molecule has 0 saturated heterocycles. The van der Waals surface area contributed by atoms with Crippen LogP contribution in [0.3, 0.4) is 0 Å². The van der Waals surface area contributed by atoms with Crippen molar-refractivity contribution in [3.8, 4) is 0 Å². The van der Waals surface area contributed by atoms with Crippen molar-refractivity contribution in [3.63, 3.8) is 0 Å². The van der Waals surface area contributed by atoms with Crippen molar-refractivity contribution >= 4 is 0 Å². The third-order valence-corrected chi connectivity index (χ3v) is 3.84. The van der Waals surface area contributed by atoms with Crippen molar-refractivity contribution in [3.05, 3.63) is 0 Å². The zero-order valence-corrected chi connectivity index (χ0v) is 11.6. The average Bonchev–Trinajstić information content (AvgIpc) is 2.76. The molecular weight excluding hydrogens is 196 g/mol. The molecule has 1 unspecified atom stereocenters. The second-order valence-corrected chi connectivity index (χ2v) is 5.81. The molecule has 0 heterocycles. The quantitative estimate of drug-likeness (QED) is 0.718. The Hall–Kier alpha value is -0.0800. The Balaban J connectivity index is 2.40. The smallest absolute Gasteiger partial charge is 0.0163 e. The van der Waals surface area contributed by atoms with Gasteiger partial charge in [-0.25, -0.2) is 0 Å². The standard InChI is InChI=1S/C14H30N2/c1-12(2)9-10-16(11-13(3)15-4)14-7-5-6-8-14/h12-15H,5-11H2,1-4H3. The molecule has 0 spiro atoms. The van der Waals surface area contributed by atoms with E-state index in [0.29, 0.717) is 6.04 Å². The SMILES string of the molecule is CNC(C)CN(CCC(C)C)C1CCCC1. The van der Waals surface area contributed by atoms with Crippen LogP contribution in [0.4, 0.5) is 0 Å². The highest BCUT2D eigenvalue weighted by atomic mass is 15.2. The summed E-state index contributed by atoms with van der Waals surface area (Å²) in [5, 5.41) is 3.36. The fourth-order valence-electron chi connectivity index (χ4n) is 2.56. The number of likely N-dealkylation sites (N-methyl/N-ethyl adjacent to an activating group) is 1. The van der Waals surface area contributed by atoms with Crippen LogP contribution in [0.5, 0.6) is 0 Å². The summed E-state index contributed by atoms with van der Waals surface area (Å²) in [6.45, 7) is 9.45. The predicted octanol–water partition coefficient (Wildman–Crippen LogP) is 2.89. The van der Waals surface area contributed by atoms with Gasteiger partial charge in [0.1, 0.15) is 0 Å². The third-order valence-electron chi connectivity index (χ3n) is 3.84. The maximum Gasteiger partial charge on any atom is 0.0163 e. The molecule has 1 fully saturated rings. The van der Waals surface area contributed by atoms with Crippen LogP contribution in [0.2, 0.25) is 0 Å². The fraction of sp³-hybridized carbons (Fsp3) is 1.00. The molecule has 0 radical (unpaired) electrons. The van der Waals surface area contributed by atoms with Gasteiger partial charge in [-0.05, 0) is 45.7 Å². The second-order valence-electron chi connectivity index (χ2n) is 5.81. The molecule has 0 aliphatic heterocycles. The first-order valence-corrected chi connectivity index (χ1v) is 7.04. The Kier molecular flexibility index (Phi) is 6.37. The van der Waals surface area contributed by atoms with Gasteiger partial charge in [0.05, 0.1) is 0 Å². The van der Waals surface area contributed by atoms with Gasteiger partial charge in [0, 0.05) is 18.6 Å². The van der Waals surface area contributed by atoms with Crippen LogP contribution >= 0.6 is 0 Å². The highest BCUT2D eigenvalue weighted by Crippen LogP contribution is 2.24. The average molecular weight is 226 g/mol. The molecule has 1 aliphatic carbocycles. The van der Waals surface area contributed by atoms with E-state index in [9.17, 15) is 0 Å². The van der Waals surface area contributed by atoms with Gasteiger partial charge in [-0.15, -0.1) is 0 Å². The maximum atomic E-state index is 3.36. The number of nitrogens with zero attached hydrogens (tertiary/aromatic N) is 1. The summed E-state index contributed by atoms with van der Waals surface area (Å²) >= 11 is 0. The molecule has 1 N–H and O–H groups in total. The number of hydrogen-bond donors (Lipinski definition) is 1. The Morgan fingerprint density at radius 1 is 1.19 bits per heavy atom. The Labute approximate surface area is 102 Å². The van der Waals surface area contributed by atoms with E-state index >= 15 is 0 Å². The van der Waals surface area contributed by atoms with Gasteiger partial charge in [0.2, 0.25) is 0 Å². The van der Waals surface area contributed by atoms with E-state index in [1.807, 2.05) is 0 Å². The van der Waals surface area contributed by atoms with E-state index in [2.05, 4.69) is 38.0 Å². The van der Waals surface area contributed by atoms with Crippen LogP contribution in [0.25, 0.3) is 0 Å². The lowest BCUT2D eigenvalue weighted by Crippen LogP contribution is -2.43. The normalized spacial score (nSPS) is 19.9. The topological polar surface area (TPSA) is 15.3 Å². The summed E-state index contributed by atoms with van der Waals surface area (Å²) in [4.78, 5) is 2.73. The largest absolute Gasteiger partial charge is 0.316 e. The van der Waals surface area contributed by atoms with Crippen molar-refractivity contribution in [2.45, 2.75) is 65.0 Å². The molecule has 0 aromatic carbocycles. The van der Waals surface area contributed by atoms with E-state index in [-0.39, 0.29) is 0 Å². The molecule has 96 valence electrons. The van der Waals surface area contributed by atoms with Crippen LogP contribution in [0, 0.1) is 5.92 Å². The van der Waals surface area contributed by atoms with E-state index < -0.39 is 0 Å². The van der Waals surface area contributed by atoms with Crippen LogP contribution in [-0.2, 0) is 0 Å². The molecule has 1 saturated carbocycles. The van der Waals surface area contributed by atoms with Crippen molar-refractivity contribution in [1.82, 2.24) is 10.2 Å². The van der Waals surface area contributed by atoms with Crippen molar-refractivity contribution < 1.29 is 0 Å². The van der Waals surface area contributed by atoms with Gasteiger partial charge in [-0.3, -0.25) is 4.90 Å². The van der Waals surface area contributed by atoms with Gasteiger partial charge in [-0.2, -0.15) is 0 Å². The van der Waals surface area contributed by atoms with E-state index in [1.165, 1.54) is 45.2 Å². The number of hydrogen-bond acceptors (Lipinski definition) is 2. The van der Waals surface area contributed by atoms with E-state index in [4.69, 9.17) is 0 Å². The molecule has 1 aliphatic rings. The van der Waals surface area contributed by atoms with Crippen LogP contribution in [-0.4, -0.2) is 37.1 Å². The predicted molar refractivity (Wildman–Crippen MR) is 71.8 cm³/mol. The molecule has 2 heteroatoms. The first-order valence-electron chi connectivity index (χ1n) is 7.04. The molecule has 1 rings (SSSR count). The minimum absolute atomic E-state index is 0.618. The summed E-state index contributed by atoms with van der Waals surface area (Å²) in [5.41, 5.74) is 0. The van der Waals surface area contributed by atoms with Gasteiger partial charge in [0.15, 0.2) is 0 Å². The van der Waals surface area contributed by atoms with Crippen LogP contribution in [0.1, 0.15) is 52.9 Å². The lowest BCUT2D eigenvalue weighted by Gasteiger charge is -2.31. The fourth-order valence-corrected chi connectivity index (χ4v) is 2.56. The first-order chi connectivity index (χ1) is 7.63. The lowest BCUT2D eigenvalue weighted by atomic mass is 10.1. The van der Waals surface area contributed by atoms with Crippen molar-refractivity contribution in [2.24, 2.45) is 5.92 Å². The molecule has 1 atom stereocenters. The zero-order valence-electron chi connectivity index (χ0n) is 11.6. The van der Waals surface area contributed by atoms with Crippen molar-refractivity contribution in [1.29, 1.82) is 0 Å². The summed E-state index contributed by atoms with van der Waals surface area (Å²) in [6, 6.07) is 1.49. The van der Waals surface area contributed by atoms with Gasteiger partial charge >= 0.3 is 0 Å². The number of rotatable bonds is 7. The molecule has 0 amide bonds. The van der Waals surface area contributed by atoms with E-state index in [1.54, 1.807) is 0 Å². The molecule has 16 heavy (non-hydrogen) atoms. The Bertz CT molecular complexity index is 174. The molecule has 0 aromatic heterocycles. The number of nitrogens with one attached hydrogen (secondary N) is 1. The Morgan fingerprint density at radius 2 is 1.81 bits per heavy atom. The van der Waals surface area contributed by atoms with Crippen LogP contribution in [0.15, 0.2) is 0 Å². The van der Waals surface area contributed by atoms with Gasteiger partial charge in [-0.1, -0.05) is 26.7 Å². The monoisotopic (exact) mass is 226 g/mol. The summed E-state index contributed by atoms with van der Waals surface area (Å²) in [5.74, 6) is 0.828. The van der Waals surface area contributed by atoms with Gasteiger partial charge in [0.25, 0.3) is 0 Å². The highest BCUT2D eigenvalue weighted by molar-refractivity contribution is 4.80. The van der Waals surface area contributed by atoms with Crippen LogP contribution < -0.4 is 5.32 Å². The summed E-state index contributed by atoms with van der Waals surface area (Å²) < 4.78 is 0. The lowest BCUT2D eigenvalue weighted by molar-refractivity contribution is 0.174. The molecule has 0 aromatic rings. The summed E-state index contributed by atoms with van der Waals surface area (Å²) in [6.07, 6.45) is 7.07. The molecule has 2 nitrogen and oxygen atoms in total. The third kappa shape index (κ3) is 4.84. The van der Waals surface area contributed by atoms with E-state index in [0.717, 1.165) is 12.0 Å².